The Hall–Kier alpha value is -3.37. The highest BCUT2D eigenvalue weighted by Gasteiger charge is 2.52. The van der Waals surface area contributed by atoms with Gasteiger partial charge in [0.1, 0.15) is 17.7 Å². The average molecular weight is 488 g/mol. The van der Waals surface area contributed by atoms with Crippen molar-refractivity contribution in [2.75, 3.05) is 0 Å². The summed E-state index contributed by atoms with van der Waals surface area (Å²) in [6.07, 6.45) is 2.56. The molecule has 1 N–H and O–H groups in total. The number of ether oxygens (including phenoxy) is 2. The molecule has 0 unspecified atom stereocenters. The molecule has 3 aliphatic rings. The molecule has 188 valence electrons. The molecule has 36 heavy (non-hydrogen) atoms. The first-order valence-electron chi connectivity index (χ1n) is 12.7. The van der Waals surface area contributed by atoms with Crippen molar-refractivity contribution in [2.24, 2.45) is 5.92 Å². The van der Waals surface area contributed by atoms with Gasteiger partial charge in [0.2, 0.25) is 5.91 Å². The molecule has 7 heteroatoms. The molecule has 2 bridgehead atoms. The van der Waals surface area contributed by atoms with Crippen LogP contribution in [0.5, 0.6) is 0 Å². The second-order valence-electron chi connectivity index (χ2n) is 11.1. The molecule has 0 aromatic heterocycles. The summed E-state index contributed by atoms with van der Waals surface area (Å²) in [5, 5.41) is 12.7. The minimum atomic E-state index is -0.680. The maximum absolute atomic E-state index is 13.3. The van der Waals surface area contributed by atoms with Crippen LogP contribution in [0.1, 0.15) is 56.7 Å². The number of rotatable bonds is 5. The van der Waals surface area contributed by atoms with Crippen molar-refractivity contribution < 1.29 is 19.1 Å². The van der Waals surface area contributed by atoms with Gasteiger partial charge in [-0.3, -0.25) is 9.69 Å². The summed E-state index contributed by atoms with van der Waals surface area (Å²) in [7, 11) is 0. The van der Waals surface area contributed by atoms with E-state index in [2.05, 4.69) is 29.6 Å². The van der Waals surface area contributed by atoms with Crippen LogP contribution in [0, 0.1) is 17.2 Å². The van der Waals surface area contributed by atoms with E-state index in [0.29, 0.717) is 19.6 Å². The van der Waals surface area contributed by atoms with Gasteiger partial charge in [-0.05, 0) is 79.8 Å². The van der Waals surface area contributed by atoms with Crippen molar-refractivity contribution in [3.8, 4) is 17.2 Å². The highest BCUT2D eigenvalue weighted by atomic mass is 16.6. The first kappa shape index (κ1) is 24.3. The highest BCUT2D eigenvalue weighted by Crippen LogP contribution is 2.43. The van der Waals surface area contributed by atoms with Crippen LogP contribution < -0.4 is 5.32 Å². The molecule has 5 rings (SSSR count). The van der Waals surface area contributed by atoms with Crippen LogP contribution in [0.15, 0.2) is 42.5 Å². The molecule has 0 radical (unpaired) electrons. The molecular formula is C29H33N3O4. The third-order valence-corrected chi connectivity index (χ3v) is 7.38. The van der Waals surface area contributed by atoms with Gasteiger partial charge in [-0.15, -0.1) is 0 Å². The minimum absolute atomic E-state index is 0.0273. The van der Waals surface area contributed by atoms with E-state index in [-0.39, 0.29) is 17.9 Å². The molecule has 2 amide bonds. The Morgan fingerprint density at radius 1 is 1.11 bits per heavy atom. The molecule has 4 atom stereocenters. The van der Waals surface area contributed by atoms with Crippen molar-refractivity contribution in [2.45, 2.75) is 83.4 Å². The van der Waals surface area contributed by atoms with Crippen LogP contribution in [0.2, 0.25) is 0 Å². The van der Waals surface area contributed by atoms with Crippen molar-refractivity contribution in [3.63, 3.8) is 0 Å². The predicted octanol–water partition coefficient (Wildman–Crippen LogP) is 4.72. The standard InChI is InChI=1S/C29H33N3O4/c1-29(2,3)36-28(34)32-25-11-10-21(14-25)26(32)27(33)31-24(15-30)12-18-4-6-19(7-5-18)20-8-9-22-16-35-17-23(22)13-20/h4-9,13,21,24-26H,10-12,14,16-17H2,1-3H3,(H,31,33)/t21-,24-,25+,26-/m0/s1. The number of nitrogens with one attached hydrogen (secondary N) is 1. The van der Waals surface area contributed by atoms with Gasteiger partial charge in [-0.25, -0.2) is 4.79 Å². The lowest BCUT2D eigenvalue weighted by molar-refractivity contribution is -0.128. The van der Waals surface area contributed by atoms with Crippen LogP contribution in [0.4, 0.5) is 4.79 Å². The van der Waals surface area contributed by atoms with Crippen LogP contribution >= 0.6 is 0 Å². The van der Waals surface area contributed by atoms with Crippen LogP contribution in [0.3, 0.4) is 0 Å². The molecule has 2 heterocycles. The topological polar surface area (TPSA) is 91.7 Å². The molecule has 2 aromatic carbocycles. The second-order valence-corrected chi connectivity index (χ2v) is 11.1. The Bertz CT molecular complexity index is 1190. The first-order chi connectivity index (χ1) is 17.2. The van der Waals surface area contributed by atoms with Crippen molar-refractivity contribution in [1.82, 2.24) is 10.2 Å². The quantitative estimate of drug-likeness (QED) is 0.659. The summed E-state index contributed by atoms with van der Waals surface area (Å²) < 4.78 is 11.1. The number of benzene rings is 2. The van der Waals surface area contributed by atoms with Crippen molar-refractivity contribution >= 4 is 12.0 Å². The first-order valence-corrected chi connectivity index (χ1v) is 12.7. The third kappa shape index (κ3) is 4.96. The smallest absolute Gasteiger partial charge is 0.411 e. The van der Waals surface area contributed by atoms with E-state index in [0.717, 1.165) is 36.0 Å². The molecule has 1 aliphatic carbocycles. The van der Waals surface area contributed by atoms with Crippen LogP contribution in [-0.2, 0) is 33.9 Å². The van der Waals surface area contributed by atoms with E-state index in [9.17, 15) is 14.9 Å². The maximum Gasteiger partial charge on any atom is 0.411 e. The molecule has 2 aliphatic heterocycles. The monoisotopic (exact) mass is 487 g/mol. The molecule has 1 saturated carbocycles. The van der Waals surface area contributed by atoms with Gasteiger partial charge in [0.15, 0.2) is 0 Å². The van der Waals surface area contributed by atoms with Crippen molar-refractivity contribution in [3.05, 3.63) is 59.2 Å². The van der Waals surface area contributed by atoms with Gasteiger partial charge < -0.3 is 14.8 Å². The number of nitriles is 1. The largest absolute Gasteiger partial charge is 0.444 e. The number of likely N-dealkylation sites (tertiary alicyclic amines) is 1. The summed E-state index contributed by atoms with van der Waals surface area (Å²) >= 11 is 0. The Morgan fingerprint density at radius 2 is 1.83 bits per heavy atom. The van der Waals surface area contributed by atoms with E-state index >= 15 is 0 Å². The summed E-state index contributed by atoms with van der Waals surface area (Å²) in [5.74, 6) is -0.157. The Morgan fingerprint density at radius 3 is 2.56 bits per heavy atom. The summed E-state index contributed by atoms with van der Waals surface area (Å²) in [5.41, 5.74) is 5.03. The predicted molar refractivity (Wildman–Crippen MR) is 135 cm³/mol. The number of amides is 2. The zero-order valence-corrected chi connectivity index (χ0v) is 21.1. The number of hydrogen-bond acceptors (Lipinski definition) is 5. The second kappa shape index (κ2) is 9.59. The number of carbonyl (C=O) groups excluding carboxylic acids is 2. The SMILES string of the molecule is CC(C)(C)OC(=O)N1[C@@H]2CC[C@@H](C2)[C@H]1C(=O)N[C@H](C#N)Cc1ccc(-c2ccc3c(c2)COC3)cc1. The van der Waals surface area contributed by atoms with Crippen LogP contribution in [0.25, 0.3) is 11.1 Å². The average Bonchev–Trinajstić information content (AvgIpc) is 3.58. The van der Waals surface area contributed by atoms with E-state index in [1.165, 1.54) is 11.1 Å². The number of fused-ring (bicyclic) bond motifs is 3. The van der Waals surface area contributed by atoms with Gasteiger partial charge in [0.25, 0.3) is 0 Å². The lowest BCUT2D eigenvalue weighted by Crippen LogP contribution is -2.55. The van der Waals surface area contributed by atoms with Gasteiger partial charge in [0.05, 0.1) is 19.3 Å². The fourth-order valence-corrected chi connectivity index (χ4v) is 5.71. The Kier molecular flexibility index (Phi) is 6.48. The fraction of sp³-hybridized carbons (Fsp3) is 0.483. The number of nitrogens with zero attached hydrogens (tertiary/aromatic N) is 2. The number of piperidine rings is 1. The van der Waals surface area contributed by atoms with Gasteiger partial charge in [0, 0.05) is 12.5 Å². The lowest BCUT2D eigenvalue weighted by Gasteiger charge is -2.35. The van der Waals surface area contributed by atoms with E-state index < -0.39 is 23.8 Å². The molecular weight excluding hydrogens is 454 g/mol. The molecule has 1 saturated heterocycles. The van der Waals surface area contributed by atoms with Gasteiger partial charge in [-0.2, -0.15) is 5.26 Å². The Labute approximate surface area is 212 Å². The van der Waals surface area contributed by atoms with E-state index in [1.54, 1.807) is 4.90 Å². The van der Waals surface area contributed by atoms with E-state index in [4.69, 9.17) is 9.47 Å². The molecule has 0 spiro atoms. The highest BCUT2D eigenvalue weighted by molar-refractivity contribution is 5.87. The summed E-state index contributed by atoms with van der Waals surface area (Å²) in [6, 6.07) is 15.5. The maximum atomic E-state index is 13.3. The normalized spacial score (nSPS) is 23.2. The van der Waals surface area contributed by atoms with E-state index in [1.807, 2.05) is 45.0 Å². The Balaban J connectivity index is 1.24. The molecule has 7 nitrogen and oxygen atoms in total. The van der Waals surface area contributed by atoms with Gasteiger partial charge in [-0.1, -0.05) is 36.4 Å². The molecule has 2 fully saturated rings. The fourth-order valence-electron chi connectivity index (χ4n) is 5.71. The van der Waals surface area contributed by atoms with Crippen molar-refractivity contribution in [1.29, 1.82) is 5.26 Å². The summed E-state index contributed by atoms with van der Waals surface area (Å²) in [4.78, 5) is 27.8. The zero-order valence-electron chi connectivity index (χ0n) is 21.1. The number of carbonyl (C=O) groups is 2. The minimum Gasteiger partial charge on any atom is -0.444 e. The third-order valence-electron chi connectivity index (χ3n) is 7.38. The summed E-state index contributed by atoms with van der Waals surface area (Å²) in [6.45, 7) is 6.80. The van der Waals surface area contributed by atoms with Crippen LogP contribution in [-0.4, -0.2) is 40.6 Å². The van der Waals surface area contributed by atoms with Gasteiger partial charge >= 0.3 is 6.09 Å². The lowest BCUT2D eigenvalue weighted by atomic mass is 9.96. The zero-order chi connectivity index (χ0) is 25.4. The number of hydrogen-bond donors (Lipinski definition) is 1. The molecule has 2 aromatic rings.